The van der Waals surface area contributed by atoms with Crippen molar-refractivity contribution in [1.82, 2.24) is 4.98 Å². The van der Waals surface area contributed by atoms with Crippen molar-refractivity contribution < 1.29 is 18.0 Å². The van der Waals surface area contributed by atoms with Gasteiger partial charge in [0, 0.05) is 18.8 Å². The molecule has 1 saturated carbocycles. The average Bonchev–Trinajstić information content (AvgIpc) is 3.32. The molecule has 2 aromatic carbocycles. The van der Waals surface area contributed by atoms with Gasteiger partial charge in [-0.05, 0) is 53.8 Å². The van der Waals surface area contributed by atoms with Crippen LogP contribution < -0.4 is 10.6 Å². The minimum atomic E-state index is -4.34. The molecule has 166 valence electrons. The van der Waals surface area contributed by atoms with Crippen LogP contribution in [0.2, 0.25) is 0 Å². The summed E-state index contributed by atoms with van der Waals surface area (Å²) in [5.41, 5.74) is 7.73. The van der Waals surface area contributed by atoms with Crippen molar-refractivity contribution in [2.24, 2.45) is 5.73 Å². The normalized spacial score (nSPS) is 14.5. The molecule has 0 aliphatic heterocycles. The van der Waals surface area contributed by atoms with Crippen molar-refractivity contribution in [3.63, 3.8) is 0 Å². The average molecular weight is 439 g/mol. The Hall–Kier alpha value is -3.35. The van der Waals surface area contributed by atoms with Crippen LogP contribution in [0.4, 0.5) is 19.0 Å². The van der Waals surface area contributed by atoms with Crippen LogP contribution in [0.3, 0.4) is 0 Å². The number of pyridine rings is 1. The van der Waals surface area contributed by atoms with Crippen LogP contribution in [0.5, 0.6) is 0 Å². The maximum atomic E-state index is 12.8. The maximum Gasteiger partial charge on any atom is 0.416 e. The molecule has 1 fully saturated rings. The largest absolute Gasteiger partial charge is 0.416 e. The van der Waals surface area contributed by atoms with Crippen molar-refractivity contribution in [2.45, 2.75) is 44.4 Å². The molecule has 3 aromatic rings. The third kappa shape index (κ3) is 4.93. The van der Waals surface area contributed by atoms with Crippen molar-refractivity contribution in [3.05, 3.63) is 83.6 Å². The molecule has 4 rings (SSSR count). The summed E-state index contributed by atoms with van der Waals surface area (Å²) in [4.78, 5) is 18.1. The van der Waals surface area contributed by atoms with Gasteiger partial charge in [0.1, 0.15) is 5.82 Å². The Kier molecular flexibility index (Phi) is 6.17. The van der Waals surface area contributed by atoms with Gasteiger partial charge in [0.25, 0.3) is 0 Å². The standard InChI is InChI=1S/C25H24F3N3O/c26-25(27,28)21-12-9-19(10-13-21)18-7-5-17(6-8-18)16-31(22-3-1-2-4-22)23-14-11-20(15-30-23)24(29)32/h5-15,22H,1-4,16H2,(H2,29,32). The maximum absolute atomic E-state index is 12.8. The summed E-state index contributed by atoms with van der Waals surface area (Å²) in [6, 6.07) is 16.9. The van der Waals surface area contributed by atoms with Crippen LogP contribution in [-0.2, 0) is 12.7 Å². The van der Waals surface area contributed by atoms with Gasteiger partial charge < -0.3 is 10.6 Å². The Balaban J connectivity index is 1.53. The summed E-state index contributed by atoms with van der Waals surface area (Å²) in [7, 11) is 0. The molecular weight excluding hydrogens is 415 g/mol. The number of alkyl halides is 3. The lowest BCUT2D eigenvalue weighted by molar-refractivity contribution is -0.137. The molecule has 1 aromatic heterocycles. The summed E-state index contributed by atoms with van der Waals surface area (Å²) in [6.45, 7) is 0.654. The molecule has 1 heterocycles. The summed E-state index contributed by atoms with van der Waals surface area (Å²) < 4.78 is 38.4. The van der Waals surface area contributed by atoms with Crippen LogP contribution in [0, 0.1) is 0 Å². The van der Waals surface area contributed by atoms with Crippen LogP contribution in [0.1, 0.15) is 47.2 Å². The summed E-state index contributed by atoms with van der Waals surface area (Å²) >= 11 is 0. The SMILES string of the molecule is NC(=O)c1ccc(N(Cc2ccc(-c3ccc(C(F)(F)F)cc3)cc2)C2CCCC2)nc1. The number of hydrogen-bond acceptors (Lipinski definition) is 3. The molecule has 0 radical (unpaired) electrons. The summed E-state index contributed by atoms with van der Waals surface area (Å²) in [5, 5.41) is 0. The van der Waals surface area contributed by atoms with Gasteiger partial charge in [-0.1, -0.05) is 49.2 Å². The van der Waals surface area contributed by atoms with E-state index >= 15 is 0 Å². The Morgan fingerprint density at radius 2 is 1.53 bits per heavy atom. The Bertz CT molecular complexity index is 1060. The molecule has 0 saturated heterocycles. The minimum Gasteiger partial charge on any atom is -0.366 e. The lowest BCUT2D eigenvalue weighted by Crippen LogP contribution is -2.33. The number of carbonyl (C=O) groups is 1. The van der Waals surface area contributed by atoms with Gasteiger partial charge in [0.15, 0.2) is 0 Å². The quantitative estimate of drug-likeness (QED) is 0.527. The number of carbonyl (C=O) groups excluding carboxylic acids is 1. The third-order valence-electron chi connectivity index (χ3n) is 5.94. The second-order valence-electron chi connectivity index (χ2n) is 8.11. The molecule has 4 nitrogen and oxygen atoms in total. The molecular formula is C25H24F3N3O. The second-order valence-corrected chi connectivity index (χ2v) is 8.11. The van der Waals surface area contributed by atoms with Crippen molar-refractivity contribution in [1.29, 1.82) is 0 Å². The van der Waals surface area contributed by atoms with Gasteiger partial charge in [-0.3, -0.25) is 4.79 Å². The first kappa shape index (κ1) is 21.9. The fourth-order valence-corrected chi connectivity index (χ4v) is 4.17. The first-order chi connectivity index (χ1) is 15.3. The predicted molar refractivity (Wildman–Crippen MR) is 118 cm³/mol. The van der Waals surface area contributed by atoms with Crippen molar-refractivity contribution >= 4 is 11.7 Å². The molecule has 1 amide bonds. The fourth-order valence-electron chi connectivity index (χ4n) is 4.17. The summed E-state index contributed by atoms with van der Waals surface area (Å²) in [5.74, 6) is 0.295. The van der Waals surface area contributed by atoms with E-state index in [4.69, 9.17) is 5.73 Å². The van der Waals surface area contributed by atoms with E-state index in [1.165, 1.54) is 31.2 Å². The van der Waals surface area contributed by atoms with E-state index < -0.39 is 17.6 Å². The minimum absolute atomic E-state index is 0.372. The molecule has 0 atom stereocenters. The van der Waals surface area contributed by atoms with Crippen molar-refractivity contribution in [3.8, 4) is 11.1 Å². The van der Waals surface area contributed by atoms with Crippen LogP contribution >= 0.6 is 0 Å². The van der Waals surface area contributed by atoms with Gasteiger partial charge in [-0.25, -0.2) is 4.98 Å². The van der Waals surface area contributed by atoms with E-state index in [0.29, 0.717) is 18.2 Å². The molecule has 1 aliphatic rings. The van der Waals surface area contributed by atoms with E-state index in [0.717, 1.165) is 47.5 Å². The van der Waals surface area contributed by atoms with Gasteiger partial charge in [0.2, 0.25) is 5.91 Å². The zero-order valence-electron chi connectivity index (χ0n) is 17.5. The predicted octanol–water partition coefficient (Wildman–Crippen LogP) is 5.82. The van der Waals surface area contributed by atoms with E-state index in [-0.39, 0.29) is 0 Å². The number of halogens is 3. The molecule has 0 spiro atoms. The Morgan fingerprint density at radius 1 is 0.938 bits per heavy atom. The highest BCUT2D eigenvalue weighted by atomic mass is 19.4. The number of aromatic nitrogens is 1. The zero-order chi connectivity index (χ0) is 22.7. The lowest BCUT2D eigenvalue weighted by Gasteiger charge is -2.30. The van der Waals surface area contributed by atoms with Crippen molar-refractivity contribution in [2.75, 3.05) is 4.90 Å². The topological polar surface area (TPSA) is 59.2 Å². The van der Waals surface area contributed by atoms with Gasteiger partial charge >= 0.3 is 6.18 Å². The third-order valence-corrected chi connectivity index (χ3v) is 5.94. The smallest absolute Gasteiger partial charge is 0.366 e. The number of hydrogen-bond donors (Lipinski definition) is 1. The highest BCUT2D eigenvalue weighted by Crippen LogP contribution is 2.32. The molecule has 32 heavy (non-hydrogen) atoms. The Morgan fingerprint density at radius 3 is 2.03 bits per heavy atom. The van der Waals surface area contributed by atoms with E-state index in [1.807, 2.05) is 30.3 Å². The van der Waals surface area contributed by atoms with Crippen LogP contribution in [0.15, 0.2) is 66.9 Å². The monoisotopic (exact) mass is 439 g/mol. The highest BCUT2D eigenvalue weighted by molar-refractivity contribution is 5.92. The number of amides is 1. The number of primary amides is 1. The number of nitrogens with zero attached hydrogens (tertiary/aromatic N) is 2. The molecule has 0 bridgehead atoms. The molecule has 7 heteroatoms. The molecule has 1 aliphatic carbocycles. The molecule has 0 unspecified atom stereocenters. The van der Waals surface area contributed by atoms with Crippen LogP contribution in [0.25, 0.3) is 11.1 Å². The first-order valence-electron chi connectivity index (χ1n) is 10.6. The van der Waals surface area contributed by atoms with E-state index in [1.54, 1.807) is 6.07 Å². The lowest BCUT2D eigenvalue weighted by atomic mass is 10.0. The highest BCUT2D eigenvalue weighted by Gasteiger charge is 2.30. The fraction of sp³-hybridized carbons (Fsp3) is 0.280. The number of nitrogens with two attached hydrogens (primary N) is 1. The van der Waals surface area contributed by atoms with Gasteiger partial charge in [-0.15, -0.1) is 0 Å². The number of benzene rings is 2. The Labute approximate surface area is 184 Å². The van der Waals surface area contributed by atoms with Crippen LogP contribution in [-0.4, -0.2) is 16.9 Å². The first-order valence-corrected chi connectivity index (χ1v) is 10.6. The number of rotatable bonds is 6. The van der Waals surface area contributed by atoms with E-state index in [2.05, 4.69) is 9.88 Å². The molecule has 2 N–H and O–H groups in total. The number of anilines is 1. The van der Waals surface area contributed by atoms with E-state index in [9.17, 15) is 18.0 Å². The van der Waals surface area contributed by atoms with Gasteiger partial charge in [0.05, 0.1) is 11.1 Å². The summed E-state index contributed by atoms with van der Waals surface area (Å²) in [6.07, 6.45) is 1.69. The van der Waals surface area contributed by atoms with Gasteiger partial charge in [-0.2, -0.15) is 13.2 Å². The zero-order valence-corrected chi connectivity index (χ0v) is 17.5. The second kappa shape index (κ2) is 9.02.